The summed E-state index contributed by atoms with van der Waals surface area (Å²) in [4.78, 5) is 2.50. The molecule has 0 aliphatic rings. The van der Waals surface area contributed by atoms with Crippen molar-refractivity contribution in [1.82, 2.24) is 10.2 Å². The van der Waals surface area contributed by atoms with E-state index >= 15 is 0 Å². The third kappa shape index (κ3) is 3.08. The highest BCUT2D eigenvalue weighted by Gasteiger charge is 2.33. The lowest BCUT2D eigenvalue weighted by molar-refractivity contribution is 0.0944. The third-order valence-electron chi connectivity index (χ3n) is 3.71. The number of nitrogens with zero attached hydrogens (tertiary/aromatic N) is 1. The summed E-state index contributed by atoms with van der Waals surface area (Å²) < 4.78 is 0. The van der Waals surface area contributed by atoms with Crippen LogP contribution in [0.25, 0.3) is 0 Å². The molecule has 0 aromatic heterocycles. The van der Waals surface area contributed by atoms with Gasteiger partial charge in [-0.1, -0.05) is 44.2 Å². The van der Waals surface area contributed by atoms with Gasteiger partial charge in [-0.05, 0) is 39.5 Å². The summed E-state index contributed by atoms with van der Waals surface area (Å²) in [5, 5.41) is 3.47. The zero-order valence-electron chi connectivity index (χ0n) is 11.8. The number of rotatable bonds is 6. The van der Waals surface area contributed by atoms with E-state index in [2.05, 4.69) is 68.2 Å². The lowest BCUT2D eigenvalue weighted by Crippen LogP contribution is -2.51. The number of hydrogen-bond acceptors (Lipinski definition) is 2. The molecule has 0 fully saturated rings. The molecule has 0 bridgehead atoms. The molecule has 1 unspecified atom stereocenters. The summed E-state index contributed by atoms with van der Waals surface area (Å²) >= 11 is 0. The Labute approximate surface area is 106 Å². The summed E-state index contributed by atoms with van der Waals surface area (Å²) in [5.41, 5.74) is 1.46. The zero-order valence-corrected chi connectivity index (χ0v) is 11.8. The largest absolute Gasteiger partial charge is 0.311 e. The molecule has 0 spiro atoms. The number of nitrogens with one attached hydrogen (secondary N) is 1. The Hall–Kier alpha value is -0.860. The van der Waals surface area contributed by atoms with Crippen molar-refractivity contribution in [3.8, 4) is 0 Å². The van der Waals surface area contributed by atoms with Gasteiger partial charge in [-0.2, -0.15) is 0 Å². The molecular formula is C15H26N2. The molecule has 96 valence electrons. The van der Waals surface area contributed by atoms with Crippen molar-refractivity contribution in [3.63, 3.8) is 0 Å². The molecule has 0 saturated heterocycles. The summed E-state index contributed by atoms with van der Waals surface area (Å²) in [7, 11) is 2.04. The fraction of sp³-hybridized carbons (Fsp3) is 0.600. The first-order chi connectivity index (χ1) is 8.07. The topological polar surface area (TPSA) is 15.3 Å². The van der Waals surface area contributed by atoms with Crippen molar-refractivity contribution in [3.05, 3.63) is 35.9 Å². The van der Waals surface area contributed by atoms with Crippen LogP contribution >= 0.6 is 0 Å². The highest BCUT2D eigenvalue weighted by atomic mass is 15.2. The molecule has 0 heterocycles. The molecule has 17 heavy (non-hydrogen) atoms. The normalized spacial score (nSPS) is 14.0. The first-order valence-electron chi connectivity index (χ1n) is 6.55. The average Bonchev–Trinajstić information content (AvgIpc) is 2.32. The molecule has 0 aliphatic heterocycles. The minimum atomic E-state index is 0.111. The van der Waals surface area contributed by atoms with E-state index in [1.54, 1.807) is 0 Å². The molecule has 1 aromatic carbocycles. The second kappa shape index (κ2) is 6.18. The van der Waals surface area contributed by atoms with Crippen LogP contribution in [0.2, 0.25) is 0 Å². The Bertz CT molecular complexity index is 315. The van der Waals surface area contributed by atoms with E-state index in [1.807, 2.05) is 7.05 Å². The molecule has 0 radical (unpaired) electrons. The molecule has 1 aromatic rings. The van der Waals surface area contributed by atoms with E-state index < -0.39 is 0 Å². The van der Waals surface area contributed by atoms with Crippen molar-refractivity contribution in [1.29, 1.82) is 0 Å². The van der Waals surface area contributed by atoms with Crippen LogP contribution in [0.4, 0.5) is 0 Å². The summed E-state index contributed by atoms with van der Waals surface area (Å²) in [6.07, 6.45) is 0. The lowest BCUT2D eigenvalue weighted by Gasteiger charge is -2.43. The monoisotopic (exact) mass is 234 g/mol. The highest BCUT2D eigenvalue weighted by molar-refractivity contribution is 5.22. The van der Waals surface area contributed by atoms with Crippen LogP contribution in [0.1, 0.15) is 39.3 Å². The van der Waals surface area contributed by atoms with E-state index in [1.165, 1.54) is 5.56 Å². The van der Waals surface area contributed by atoms with Gasteiger partial charge in [-0.25, -0.2) is 0 Å². The van der Waals surface area contributed by atoms with Crippen LogP contribution in [0, 0.1) is 0 Å². The Morgan fingerprint density at radius 2 is 1.65 bits per heavy atom. The van der Waals surface area contributed by atoms with Crippen LogP contribution in [-0.2, 0) is 0 Å². The standard InChI is InChI=1S/C15H26N2/c1-6-17(7-2)15(3,4)14(16-5)13-11-9-8-10-12-13/h8-12,14,16H,6-7H2,1-5H3. The number of likely N-dealkylation sites (N-methyl/N-ethyl adjacent to an activating group) is 2. The Morgan fingerprint density at radius 1 is 1.12 bits per heavy atom. The summed E-state index contributed by atoms with van der Waals surface area (Å²) in [6.45, 7) is 11.2. The fourth-order valence-corrected chi connectivity index (χ4v) is 2.79. The highest BCUT2D eigenvalue weighted by Crippen LogP contribution is 2.30. The second-order valence-corrected chi connectivity index (χ2v) is 4.96. The first kappa shape index (κ1) is 14.2. The van der Waals surface area contributed by atoms with Crippen LogP contribution in [-0.4, -0.2) is 30.6 Å². The SMILES string of the molecule is CCN(CC)C(C)(C)C(NC)c1ccccc1. The summed E-state index contributed by atoms with van der Waals surface area (Å²) in [6, 6.07) is 11.0. The molecule has 1 atom stereocenters. The Balaban J connectivity index is 3.01. The maximum Gasteiger partial charge on any atom is 0.0499 e. The van der Waals surface area contributed by atoms with Gasteiger partial charge in [-0.15, -0.1) is 0 Å². The van der Waals surface area contributed by atoms with Crippen molar-refractivity contribution < 1.29 is 0 Å². The maximum absolute atomic E-state index is 3.47. The van der Waals surface area contributed by atoms with E-state index in [-0.39, 0.29) is 5.54 Å². The third-order valence-corrected chi connectivity index (χ3v) is 3.71. The summed E-state index contributed by atoms with van der Waals surface area (Å²) in [5.74, 6) is 0. The maximum atomic E-state index is 3.47. The van der Waals surface area contributed by atoms with Gasteiger partial charge in [0.1, 0.15) is 0 Å². The Kier molecular flexibility index (Phi) is 5.16. The minimum absolute atomic E-state index is 0.111. The average molecular weight is 234 g/mol. The number of benzene rings is 1. The zero-order chi connectivity index (χ0) is 12.9. The molecule has 2 heteroatoms. The van der Waals surface area contributed by atoms with Gasteiger partial charge in [-0.3, -0.25) is 4.90 Å². The van der Waals surface area contributed by atoms with Crippen LogP contribution < -0.4 is 5.32 Å². The van der Waals surface area contributed by atoms with Gasteiger partial charge >= 0.3 is 0 Å². The molecule has 1 rings (SSSR count). The van der Waals surface area contributed by atoms with E-state index in [9.17, 15) is 0 Å². The molecule has 1 N–H and O–H groups in total. The molecule has 2 nitrogen and oxygen atoms in total. The van der Waals surface area contributed by atoms with Gasteiger partial charge in [0, 0.05) is 11.6 Å². The lowest BCUT2D eigenvalue weighted by atomic mass is 9.87. The van der Waals surface area contributed by atoms with E-state index in [0.717, 1.165) is 13.1 Å². The van der Waals surface area contributed by atoms with E-state index in [0.29, 0.717) is 6.04 Å². The molecule has 0 amide bonds. The van der Waals surface area contributed by atoms with Gasteiger partial charge in [0.15, 0.2) is 0 Å². The predicted octanol–water partition coefficient (Wildman–Crippen LogP) is 3.07. The van der Waals surface area contributed by atoms with Gasteiger partial charge in [0.05, 0.1) is 0 Å². The van der Waals surface area contributed by atoms with Crippen molar-refractivity contribution in [2.75, 3.05) is 20.1 Å². The quantitative estimate of drug-likeness (QED) is 0.814. The van der Waals surface area contributed by atoms with E-state index in [4.69, 9.17) is 0 Å². The van der Waals surface area contributed by atoms with Gasteiger partial charge in [0.2, 0.25) is 0 Å². The van der Waals surface area contributed by atoms with Crippen LogP contribution in [0.5, 0.6) is 0 Å². The molecule has 0 saturated carbocycles. The number of hydrogen-bond donors (Lipinski definition) is 1. The van der Waals surface area contributed by atoms with Crippen molar-refractivity contribution >= 4 is 0 Å². The van der Waals surface area contributed by atoms with Crippen LogP contribution in [0.3, 0.4) is 0 Å². The van der Waals surface area contributed by atoms with Gasteiger partial charge in [0.25, 0.3) is 0 Å². The second-order valence-electron chi connectivity index (χ2n) is 4.96. The van der Waals surface area contributed by atoms with Crippen LogP contribution in [0.15, 0.2) is 30.3 Å². The van der Waals surface area contributed by atoms with Crippen molar-refractivity contribution in [2.45, 2.75) is 39.3 Å². The molecule has 0 aliphatic carbocycles. The first-order valence-corrected chi connectivity index (χ1v) is 6.55. The predicted molar refractivity (Wildman–Crippen MR) is 75.2 cm³/mol. The fourth-order valence-electron chi connectivity index (χ4n) is 2.79. The Morgan fingerprint density at radius 3 is 2.06 bits per heavy atom. The smallest absolute Gasteiger partial charge is 0.0499 e. The molecular weight excluding hydrogens is 208 g/mol. The minimum Gasteiger partial charge on any atom is -0.311 e. The van der Waals surface area contributed by atoms with Gasteiger partial charge < -0.3 is 5.32 Å². The van der Waals surface area contributed by atoms with Crippen molar-refractivity contribution in [2.24, 2.45) is 0 Å².